The predicted molar refractivity (Wildman–Crippen MR) is 123 cm³/mol. The highest BCUT2D eigenvalue weighted by Gasteiger charge is 2.34. The van der Waals surface area contributed by atoms with E-state index in [0.717, 1.165) is 50.9 Å². The zero-order chi connectivity index (χ0) is 22.2. The topological polar surface area (TPSA) is 62.7 Å². The number of hydrogen-bond acceptors (Lipinski definition) is 4. The van der Waals surface area contributed by atoms with Crippen LogP contribution in [0, 0.1) is 5.92 Å². The lowest BCUT2D eigenvalue weighted by molar-refractivity contribution is -0.144. The second-order valence-corrected chi connectivity index (χ2v) is 8.86. The van der Waals surface area contributed by atoms with Crippen molar-refractivity contribution in [2.45, 2.75) is 51.2 Å². The Morgan fingerprint density at radius 2 is 1.81 bits per heavy atom. The van der Waals surface area contributed by atoms with Crippen molar-refractivity contribution in [2.24, 2.45) is 5.92 Å². The first-order valence-corrected chi connectivity index (χ1v) is 11.8. The predicted octanol–water partition coefficient (Wildman–Crippen LogP) is 3.46. The number of ether oxygens (including phenoxy) is 1. The highest BCUT2D eigenvalue weighted by Crippen LogP contribution is 2.23. The lowest BCUT2D eigenvalue weighted by Crippen LogP contribution is -2.49. The molecule has 1 unspecified atom stereocenters. The fourth-order valence-electron chi connectivity index (χ4n) is 4.65. The number of hydrogen-bond donors (Lipinski definition) is 0. The molecule has 2 aromatic rings. The minimum atomic E-state index is -0.0720. The molecule has 0 aliphatic carbocycles. The minimum Gasteiger partial charge on any atom is -0.373 e. The molecule has 0 saturated carbocycles. The van der Waals surface area contributed by atoms with Gasteiger partial charge in [-0.1, -0.05) is 36.4 Å². The normalized spacial score (nSPS) is 19.9. The van der Waals surface area contributed by atoms with Crippen molar-refractivity contribution in [1.82, 2.24) is 14.8 Å². The van der Waals surface area contributed by atoms with E-state index < -0.39 is 0 Å². The lowest BCUT2D eigenvalue weighted by atomic mass is 9.94. The van der Waals surface area contributed by atoms with E-state index in [-0.39, 0.29) is 23.8 Å². The quantitative estimate of drug-likeness (QED) is 0.637. The van der Waals surface area contributed by atoms with Crippen molar-refractivity contribution in [3.8, 4) is 0 Å². The summed E-state index contributed by atoms with van der Waals surface area (Å²) in [5.41, 5.74) is 2.36. The molecular formula is C26H33N3O3. The highest BCUT2D eigenvalue weighted by atomic mass is 16.5. The summed E-state index contributed by atoms with van der Waals surface area (Å²) >= 11 is 0. The van der Waals surface area contributed by atoms with Gasteiger partial charge in [-0.3, -0.25) is 14.6 Å². The first-order valence-electron chi connectivity index (χ1n) is 11.8. The van der Waals surface area contributed by atoms with Gasteiger partial charge < -0.3 is 14.5 Å². The summed E-state index contributed by atoms with van der Waals surface area (Å²) in [7, 11) is 0. The first-order chi connectivity index (χ1) is 15.7. The Hall–Kier alpha value is -2.73. The molecule has 1 aromatic carbocycles. The number of rotatable bonds is 8. The number of benzene rings is 1. The molecule has 1 atom stereocenters. The second kappa shape index (κ2) is 11.2. The van der Waals surface area contributed by atoms with Gasteiger partial charge in [0.2, 0.25) is 11.8 Å². The van der Waals surface area contributed by atoms with Gasteiger partial charge in [-0.2, -0.15) is 0 Å². The van der Waals surface area contributed by atoms with E-state index in [2.05, 4.69) is 17.1 Å². The number of carbonyl (C=O) groups excluding carboxylic acids is 2. The maximum absolute atomic E-state index is 13.1. The van der Waals surface area contributed by atoms with E-state index in [0.29, 0.717) is 26.0 Å². The third-order valence-corrected chi connectivity index (χ3v) is 6.55. The van der Waals surface area contributed by atoms with E-state index >= 15 is 0 Å². The van der Waals surface area contributed by atoms with Gasteiger partial charge in [0.25, 0.3) is 0 Å². The molecule has 2 aliphatic heterocycles. The van der Waals surface area contributed by atoms with Crippen molar-refractivity contribution in [3.05, 3.63) is 66.0 Å². The van der Waals surface area contributed by atoms with Gasteiger partial charge >= 0.3 is 0 Å². The largest absolute Gasteiger partial charge is 0.373 e. The summed E-state index contributed by atoms with van der Waals surface area (Å²) < 4.78 is 6.02. The van der Waals surface area contributed by atoms with Gasteiger partial charge in [0.05, 0.1) is 18.6 Å². The van der Waals surface area contributed by atoms with Crippen LogP contribution < -0.4 is 0 Å². The smallest absolute Gasteiger partial charge is 0.227 e. The number of pyridine rings is 1. The average Bonchev–Trinajstić information content (AvgIpc) is 2.85. The number of aryl methyl sites for hydroxylation is 1. The highest BCUT2D eigenvalue weighted by molar-refractivity contribution is 5.84. The number of piperidine rings is 2. The summed E-state index contributed by atoms with van der Waals surface area (Å²) in [6.07, 6.45) is 8.52. The molecule has 2 aliphatic rings. The van der Waals surface area contributed by atoms with Crippen LogP contribution in [0.25, 0.3) is 0 Å². The number of amides is 2. The molecule has 4 rings (SSSR count). The summed E-state index contributed by atoms with van der Waals surface area (Å²) in [6, 6.07) is 14.3. The van der Waals surface area contributed by atoms with Crippen molar-refractivity contribution < 1.29 is 14.3 Å². The van der Waals surface area contributed by atoms with Crippen LogP contribution in [0.5, 0.6) is 0 Å². The minimum absolute atomic E-state index is 0.0720. The van der Waals surface area contributed by atoms with Crippen LogP contribution in [0.4, 0.5) is 0 Å². The maximum Gasteiger partial charge on any atom is 0.227 e. The van der Waals surface area contributed by atoms with Crippen LogP contribution >= 0.6 is 0 Å². The Morgan fingerprint density at radius 1 is 1.03 bits per heavy atom. The van der Waals surface area contributed by atoms with Crippen LogP contribution in [0.2, 0.25) is 0 Å². The summed E-state index contributed by atoms with van der Waals surface area (Å²) in [5.74, 6) is 0.318. The van der Waals surface area contributed by atoms with Crippen LogP contribution in [0.15, 0.2) is 54.9 Å². The summed E-state index contributed by atoms with van der Waals surface area (Å²) in [4.78, 5) is 33.5. The van der Waals surface area contributed by atoms with Crippen molar-refractivity contribution in [2.75, 3.05) is 26.2 Å². The number of carbonyl (C=O) groups is 2. The van der Waals surface area contributed by atoms with E-state index in [1.54, 1.807) is 6.20 Å². The molecule has 6 heteroatoms. The summed E-state index contributed by atoms with van der Waals surface area (Å²) in [6.45, 7) is 3.31. The van der Waals surface area contributed by atoms with E-state index in [4.69, 9.17) is 4.74 Å². The number of likely N-dealkylation sites (tertiary alicyclic amines) is 2. The molecular weight excluding hydrogens is 402 g/mol. The van der Waals surface area contributed by atoms with Gasteiger partial charge in [0.15, 0.2) is 0 Å². The van der Waals surface area contributed by atoms with Crippen LogP contribution in [-0.4, -0.2) is 58.9 Å². The standard InChI is InChI=1S/C26H33N3O3/c30-25-11-10-23(19-29(25)15-5-9-21-6-2-1-3-7-21)26(31)28-16-12-24(13-17-28)32-20-22-8-4-14-27-18-22/h1-4,6-8,14,18,23-24H,5,9-13,15-17,19-20H2. The van der Waals surface area contributed by atoms with Crippen LogP contribution in [0.3, 0.4) is 0 Å². The third kappa shape index (κ3) is 6.16. The zero-order valence-corrected chi connectivity index (χ0v) is 18.7. The molecule has 1 aromatic heterocycles. The third-order valence-electron chi connectivity index (χ3n) is 6.55. The van der Waals surface area contributed by atoms with Crippen LogP contribution in [-0.2, 0) is 27.4 Å². The lowest BCUT2D eigenvalue weighted by Gasteiger charge is -2.37. The van der Waals surface area contributed by atoms with E-state index in [1.807, 2.05) is 46.3 Å². The molecule has 0 N–H and O–H groups in total. The van der Waals surface area contributed by atoms with E-state index in [9.17, 15) is 9.59 Å². The molecule has 3 heterocycles. The Kier molecular flexibility index (Phi) is 7.88. The van der Waals surface area contributed by atoms with Crippen molar-refractivity contribution in [3.63, 3.8) is 0 Å². The SMILES string of the molecule is O=C1CCC(C(=O)N2CCC(OCc3cccnc3)CC2)CN1CCCc1ccccc1. The molecule has 6 nitrogen and oxygen atoms in total. The molecule has 0 spiro atoms. The number of aromatic nitrogens is 1. The fraction of sp³-hybridized carbons (Fsp3) is 0.500. The van der Waals surface area contributed by atoms with Crippen LogP contribution in [0.1, 0.15) is 43.2 Å². The Labute approximate surface area is 190 Å². The summed E-state index contributed by atoms with van der Waals surface area (Å²) in [5, 5.41) is 0. The van der Waals surface area contributed by atoms with Gasteiger partial charge in [-0.25, -0.2) is 0 Å². The molecule has 0 bridgehead atoms. The Balaban J connectivity index is 1.20. The molecule has 0 radical (unpaired) electrons. The van der Waals surface area contributed by atoms with Gasteiger partial charge in [-0.05, 0) is 49.3 Å². The fourth-order valence-corrected chi connectivity index (χ4v) is 4.65. The molecule has 32 heavy (non-hydrogen) atoms. The van der Waals surface area contributed by atoms with Crippen molar-refractivity contribution >= 4 is 11.8 Å². The molecule has 170 valence electrons. The Morgan fingerprint density at radius 3 is 2.56 bits per heavy atom. The van der Waals surface area contributed by atoms with E-state index in [1.165, 1.54) is 5.56 Å². The molecule has 2 fully saturated rings. The monoisotopic (exact) mass is 435 g/mol. The second-order valence-electron chi connectivity index (χ2n) is 8.86. The van der Waals surface area contributed by atoms with Gasteiger partial charge in [0.1, 0.15) is 0 Å². The first kappa shape index (κ1) is 22.5. The number of nitrogens with zero attached hydrogens (tertiary/aromatic N) is 3. The Bertz CT molecular complexity index is 866. The maximum atomic E-state index is 13.1. The average molecular weight is 436 g/mol. The molecule has 2 amide bonds. The zero-order valence-electron chi connectivity index (χ0n) is 18.7. The van der Waals surface area contributed by atoms with Gasteiger partial charge in [-0.15, -0.1) is 0 Å². The molecule has 2 saturated heterocycles. The van der Waals surface area contributed by atoms with Crippen molar-refractivity contribution in [1.29, 1.82) is 0 Å². The van der Waals surface area contributed by atoms with Gasteiger partial charge in [0, 0.05) is 45.0 Å².